The zero-order valence-corrected chi connectivity index (χ0v) is 11.1. The van der Waals surface area contributed by atoms with Gasteiger partial charge in [-0.15, -0.1) is 23.7 Å². The van der Waals surface area contributed by atoms with Crippen LogP contribution in [-0.4, -0.2) is 30.9 Å². The Labute approximate surface area is 110 Å². The molecule has 0 aromatic carbocycles. The third-order valence-electron chi connectivity index (χ3n) is 1.87. The lowest BCUT2D eigenvalue weighted by atomic mass is 10.3. The molecule has 2 amide bonds. The average Bonchev–Trinajstić information content (AvgIpc) is 2.76. The van der Waals surface area contributed by atoms with Crippen LogP contribution in [0.1, 0.15) is 16.6 Å². The maximum atomic E-state index is 11.4. The van der Waals surface area contributed by atoms with Gasteiger partial charge in [0.05, 0.1) is 10.9 Å². The van der Waals surface area contributed by atoms with Crippen LogP contribution < -0.4 is 16.4 Å². The molecule has 1 rings (SSSR count). The van der Waals surface area contributed by atoms with E-state index < -0.39 is 6.04 Å². The summed E-state index contributed by atoms with van der Waals surface area (Å²) in [7, 11) is 0. The van der Waals surface area contributed by atoms with Gasteiger partial charge in [-0.3, -0.25) is 9.59 Å². The molecule has 0 aliphatic carbocycles. The fourth-order valence-corrected chi connectivity index (χ4v) is 1.66. The van der Waals surface area contributed by atoms with E-state index in [0.717, 1.165) is 0 Å². The Bertz CT molecular complexity index is 354. The van der Waals surface area contributed by atoms with Crippen molar-refractivity contribution in [1.29, 1.82) is 0 Å². The van der Waals surface area contributed by atoms with Gasteiger partial charge in [0.2, 0.25) is 5.91 Å². The van der Waals surface area contributed by atoms with E-state index in [0.29, 0.717) is 18.0 Å². The maximum absolute atomic E-state index is 11.4. The topological polar surface area (TPSA) is 84.2 Å². The van der Waals surface area contributed by atoms with E-state index in [1.807, 2.05) is 11.4 Å². The third kappa shape index (κ3) is 5.67. The highest BCUT2D eigenvalue weighted by atomic mass is 35.5. The summed E-state index contributed by atoms with van der Waals surface area (Å²) in [5, 5.41) is 7.14. The second-order valence-corrected chi connectivity index (χ2v) is 4.26. The zero-order valence-electron chi connectivity index (χ0n) is 9.43. The van der Waals surface area contributed by atoms with E-state index in [4.69, 9.17) is 5.73 Å². The van der Waals surface area contributed by atoms with Crippen LogP contribution in [0.3, 0.4) is 0 Å². The van der Waals surface area contributed by atoms with Crippen molar-refractivity contribution < 1.29 is 9.59 Å². The lowest BCUT2D eigenvalue weighted by Gasteiger charge is -2.08. The fraction of sp³-hybridized carbons (Fsp3) is 0.400. The van der Waals surface area contributed by atoms with Crippen LogP contribution in [0.25, 0.3) is 0 Å². The van der Waals surface area contributed by atoms with Gasteiger partial charge in [0.25, 0.3) is 5.91 Å². The van der Waals surface area contributed by atoms with Crippen LogP contribution in [0.4, 0.5) is 0 Å². The summed E-state index contributed by atoms with van der Waals surface area (Å²) in [5.41, 5.74) is 5.36. The Hall–Kier alpha value is -1.11. The van der Waals surface area contributed by atoms with E-state index in [9.17, 15) is 9.59 Å². The van der Waals surface area contributed by atoms with Gasteiger partial charge in [-0.2, -0.15) is 0 Å². The van der Waals surface area contributed by atoms with Gasteiger partial charge in [0, 0.05) is 13.1 Å². The van der Waals surface area contributed by atoms with Gasteiger partial charge in [-0.05, 0) is 18.4 Å². The highest BCUT2D eigenvalue weighted by Crippen LogP contribution is 2.07. The Morgan fingerprint density at radius 3 is 2.59 bits per heavy atom. The van der Waals surface area contributed by atoms with Gasteiger partial charge in [0.1, 0.15) is 0 Å². The number of rotatable bonds is 5. The first-order valence-corrected chi connectivity index (χ1v) is 5.84. The first-order chi connectivity index (χ1) is 7.61. The van der Waals surface area contributed by atoms with Crippen molar-refractivity contribution in [3.8, 4) is 0 Å². The quantitative estimate of drug-likeness (QED) is 0.680. The normalized spacial score (nSPS) is 11.2. The van der Waals surface area contributed by atoms with Crippen LogP contribution in [0, 0.1) is 0 Å². The summed E-state index contributed by atoms with van der Waals surface area (Å²) < 4.78 is 0. The standard InChI is InChI=1S/C10H15N3O2S.ClH/c1-7(11)9(14)12-4-5-13-10(15)8-3-2-6-16-8;/h2-3,6-7H,4-5,11H2,1H3,(H,12,14)(H,13,15);1H/t7-;/m1./s1. The summed E-state index contributed by atoms with van der Waals surface area (Å²) >= 11 is 1.38. The van der Waals surface area contributed by atoms with Crippen LogP contribution >= 0.6 is 23.7 Å². The lowest BCUT2D eigenvalue weighted by molar-refractivity contribution is -0.121. The number of carbonyl (C=O) groups excluding carboxylic acids is 2. The molecule has 0 saturated heterocycles. The molecule has 17 heavy (non-hydrogen) atoms. The van der Waals surface area contributed by atoms with E-state index in [-0.39, 0.29) is 24.2 Å². The molecular weight excluding hydrogens is 262 g/mol. The Kier molecular flexibility index (Phi) is 7.53. The first kappa shape index (κ1) is 15.9. The van der Waals surface area contributed by atoms with E-state index in [1.54, 1.807) is 13.0 Å². The minimum atomic E-state index is -0.520. The molecule has 0 aliphatic rings. The Morgan fingerprint density at radius 1 is 1.41 bits per heavy atom. The van der Waals surface area contributed by atoms with Crippen molar-refractivity contribution in [3.63, 3.8) is 0 Å². The van der Waals surface area contributed by atoms with Crippen molar-refractivity contribution in [2.75, 3.05) is 13.1 Å². The zero-order chi connectivity index (χ0) is 12.0. The van der Waals surface area contributed by atoms with Crippen LogP contribution in [-0.2, 0) is 4.79 Å². The smallest absolute Gasteiger partial charge is 0.261 e. The van der Waals surface area contributed by atoms with E-state index >= 15 is 0 Å². The summed E-state index contributed by atoms with van der Waals surface area (Å²) in [4.78, 5) is 23.2. The Morgan fingerprint density at radius 2 is 2.06 bits per heavy atom. The molecule has 0 spiro atoms. The number of halogens is 1. The van der Waals surface area contributed by atoms with Gasteiger partial charge in [-0.25, -0.2) is 0 Å². The molecule has 1 heterocycles. The largest absolute Gasteiger partial charge is 0.353 e. The lowest BCUT2D eigenvalue weighted by Crippen LogP contribution is -2.41. The van der Waals surface area contributed by atoms with Gasteiger partial charge < -0.3 is 16.4 Å². The average molecular weight is 278 g/mol. The molecule has 0 fully saturated rings. The molecule has 0 unspecified atom stereocenters. The van der Waals surface area contributed by atoms with Gasteiger partial charge in [-0.1, -0.05) is 6.07 Å². The van der Waals surface area contributed by atoms with Crippen LogP contribution in [0.15, 0.2) is 17.5 Å². The molecule has 1 atom stereocenters. The maximum Gasteiger partial charge on any atom is 0.261 e. The molecule has 7 heteroatoms. The van der Waals surface area contributed by atoms with Crippen molar-refractivity contribution in [1.82, 2.24) is 10.6 Å². The summed E-state index contributed by atoms with van der Waals surface area (Å²) in [6, 6.07) is 3.05. The summed E-state index contributed by atoms with van der Waals surface area (Å²) in [5.74, 6) is -0.338. The SMILES string of the molecule is C[C@@H](N)C(=O)NCCNC(=O)c1cccs1.Cl. The molecule has 1 aromatic rings. The van der Waals surface area contributed by atoms with Gasteiger partial charge in [0.15, 0.2) is 0 Å². The molecule has 0 bridgehead atoms. The Balaban J connectivity index is 0.00000256. The van der Waals surface area contributed by atoms with Crippen molar-refractivity contribution in [2.24, 2.45) is 5.73 Å². The first-order valence-electron chi connectivity index (χ1n) is 4.96. The summed E-state index contributed by atoms with van der Waals surface area (Å²) in [6.07, 6.45) is 0. The minimum absolute atomic E-state index is 0. The van der Waals surface area contributed by atoms with E-state index in [2.05, 4.69) is 10.6 Å². The molecule has 4 N–H and O–H groups in total. The monoisotopic (exact) mass is 277 g/mol. The molecule has 1 aromatic heterocycles. The minimum Gasteiger partial charge on any atom is -0.353 e. The molecule has 5 nitrogen and oxygen atoms in total. The number of amides is 2. The summed E-state index contributed by atoms with van der Waals surface area (Å²) in [6.45, 7) is 2.40. The number of carbonyl (C=O) groups is 2. The number of hydrogen-bond acceptors (Lipinski definition) is 4. The van der Waals surface area contributed by atoms with Crippen LogP contribution in [0.5, 0.6) is 0 Å². The molecular formula is C10H16ClN3O2S. The highest BCUT2D eigenvalue weighted by molar-refractivity contribution is 7.12. The predicted molar refractivity (Wildman–Crippen MR) is 70.6 cm³/mol. The van der Waals surface area contributed by atoms with Gasteiger partial charge >= 0.3 is 0 Å². The number of thiophene rings is 1. The molecule has 0 radical (unpaired) electrons. The highest BCUT2D eigenvalue weighted by Gasteiger charge is 2.07. The van der Waals surface area contributed by atoms with Crippen molar-refractivity contribution in [3.05, 3.63) is 22.4 Å². The number of hydrogen-bond donors (Lipinski definition) is 3. The number of nitrogens with one attached hydrogen (secondary N) is 2. The van der Waals surface area contributed by atoms with E-state index in [1.165, 1.54) is 11.3 Å². The number of nitrogens with two attached hydrogens (primary N) is 1. The molecule has 96 valence electrons. The third-order valence-corrected chi connectivity index (χ3v) is 2.74. The fourth-order valence-electron chi connectivity index (χ4n) is 1.02. The molecule has 0 saturated carbocycles. The second kappa shape index (κ2) is 8.05. The van der Waals surface area contributed by atoms with Crippen molar-refractivity contribution >= 4 is 35.6 Å². The van der Waals surface area contributed by atoms with Crippen LogP contribution in [0.2, 0.25) is 0 Å². The van der Waals surface area contributed by atoms with Crippen molar-refractivity contribution in [2.45, 2.75) is 13.0 Å². The predicted octanol–water partition coefficient (Wildman–Crippen LogP) is 0.363. The second-order valence-electron chi connectivity index (χ2n) is 3.31. The molecule has 0 aliphatic heterocycles.